The minimum Gasteiger partial charge on any atom is -0.497 e. The van der Waals surface area contributed by atoms with Gasteiger partial charge in [0.15, 0.2) is 0 Å². The molecule has 0 amide bonds. The van der Waals surface area contributed by atoms with Crippen molar-refractivity contribution in [2.45, 2.75) is 6.92 Å². The number of nitrogens with zero attached hydrogens (tertiary/aromatic N) is 2. The number of aryl methyl sites for hydroxylation is 1. The molecular formula is C15H14N2O2S. The Kier molecular flexibility index (Phi) is 3.06. The van der Waals surface area contributed by atoms with Gasteiger partial charge in [-0.3, -0.25) is 9.36 Å². The van der Waals surface area contributed by atoms with Crippen LogP contribution >= 0.6 is 11.3 Å². The lowest BCUT2D eigenvalue weighted by atomic mass is 10.1. The zero-order chi connectivity index (χ0) is 14.3. The van der Waals surface area contributed by atoms with Crippen LogP contribution in [0.4, 0.5) is 0 Å². The molecule has 0 radical (unpaired) electrons. The highest BCUT2D eigenvalue weighted by molar-refractivity contribution is 7.17. The van der Waals surface area contributed by atoms with Crippen LogP contribution in [0.1, 0.15) is 5.82 Å². The van der Waals surface area contributed by atoms with Crippen LogP contribution in [0.5, 0.6) is 5.75 Å². The van der Waals surface area contributed by atoms with Crippen molar-refractivity contribution in [3.8, 4) is 16.9 Å². The van der Waals surface area contributed by atoms with E-state index in [1.807, 2.05) is 36.6 Å². The summed E-state index contributed by atoms with van der Waals surface area (Å²) in [4.78, 5) is 17.7. The Morgan fingerprint density at radius 1 is 1.25 bits per heavy atom. The van der Waals surface area contributed by atoms with Gasteiger partial charge in [-0.05, 0) is 24.6 Å². The topological polar surface area (TPSA) is 44.1 Å². The summed E-state index contributed by atoms with van der Waals surface area (Å²) in [6.45, 7) is 1.84. The SMILES string of the molecule is COc1ccc(-c2csc3nc(C)n(C)c(=O)c23)cc1. The van der Waals surface area contributed by atoms with E-state index in [4.69, 9.17) is 4.74 Å². The number of methoxy groups -OCH3 is 1. The second-order valence-electron chi connectivity index (χ2n) is 4.58. The Bertz CT molecular complexity index is 831. The normalized spacial score (nSPS) is 10.9. The van der Waals surface area contributed by atoms with E-state index in [-0.39, 0.29) is 5.56 Å². The molecule has 0 aliphatic carbocycles. The second-order valence-corrected chi connectivity index (χ2v) is 5.44. The molecule has 0 saturated carbocycles. The molecule has 0 N–H and O–H groups in total. The van der Waals surface area contributed by atoms with E-state index in [9.17, 15) is 4.79 Å². The van der Waals surface area contributed by atoms with Crippen molar-refractivity contribution in [2.75, 3.05) is 7.11 Å². The molecule has 1 aromatic carbocycles. The van der Waals surface area contributed by atoms with E-state index in [2.05, 4.69) is 4.98 Å². The lowest BCUT2D eigenvalue weighted by Crippen LogP contribution is -2.20. The summed E-state index contributed by atoms with van der Waals surface area (Å²) in [6, 6.07) is 7.70. The van der Waals surface area contributed by atoms with Crippen LogP contribution in [0.15, 0.2) is 34.4 Å². The van der Waals surface area contributed by atoms with Gasteiger partial charge < -0.3 is 4.74 Å². The van der Waals surface area contributed by atoms with Crippen LogP contribution in [-0.2, 0) is 7.05 Å². The van der Waals surface area contributed by atoms with Crippen molar-refractivity contribution in [3.63, 3.8) is 0 Å². The molecule has 0 unspecified atom stereocenters. The minimum absolute atomic E-state index is 0.000400. The van der Waals surface area contributed by atoms with Crippen LogP contribution in [-0.4, -0.2) is 16.7 Å². The average Bonchev–Trinajstić information content (AvgIpc) is 2.88. The first-order valence-corrected chi connectivity index (χ1v) is 7.09. The Morgan fingerprint density at radius 2 is 1.95 bits per heavy atom. The lowest BCUT2D eigenvalue weighted by molar-refractivity contribution is 0.415. The molecule has 5 heteroatoms. The van der Waals surface area contributed by atoms with Crippen molar-refractivity contribution < 1.29 is 4.74 Å². The van der Waals surface area contributed by atoms with E-state index < -0.39 is 0 Å². The molecule has 0 bridgehead atoms. The van der Waals surface area contributed by atoms with Gasteiger partial charge in [0.05, 0.1) is 12.5 Å². The van der Waals surface area contributed by atoms with Crippen LogP contribution in [0.2, 0.25) is 0 Å². The molecule has 102 valence electrons. The zero-order valence-electron chi connectivity index (χ0n) is 11.5. The summed E-state index contributed by atoms with van der Waals surface area (Å²) in [7, 11) is 3.39. The third kappa shape index (κ3) is 1.91. The number of benzene rings is 1. The van der Waals surface area contributed by atoms with E-state index >= 15 is 0 Å². The van der Waals surface area contributed by atoms with Crippen molar-refractivity contribution in [3.05, 3.63) is 45.8 Å². The molecule has 0 spiro atoms. The monoisotopic (exact) mass is 286 g/mol. The minimum atomic E-state index is -0.000400. The molecule has 3 aromatic rings. The van der Waals surface area contributed by atoms with Gasteiger partial charge in [0.25, 0.3) is 5.56 Å². The van der Waals surface area contributed by atoms with Crippen LogP contribution < -0.4 is 10.3 Å². The van der Waals surface area contributed by atoms with E-state index in [0.29, 0.717) is 5.39 Å². The van der Waals surface area contributed by atoms with Gasteiger partial charge in [-0.15, -0.1) is 11.3 Å². The summed E-state index contributed by atoms with van der Waals surface area (Å²) in [6.07, 6.45) is 0. The Balaban J connectivity index is 2.26. The molecule has 0 atom stereocenters. The maximum absolute atomic E-state index is 12.4. The number of aromatic nitrogens is 2. The fraction of sp³-hybridized carbons (Fsp3) is 0.200. The summed E-state index contributed by atoms with van der Waals surface area (Å²) in [5.41, 5.74) is 1.93. The van der Waals surface area contributed by atoms with Gasteiger partial charge in [0, 0.05) is 18.0 Å². The molecule has 0 fully saturated rings. The number of ether oxygens (including phenoxy) is 1. The van der Waals surface area contributed by atoms with Gasteiger partial charge in [0.2, 0.25) is 0 Å². The molecule has 2 aromatic heterocycles. The van der Waals surface area contributed by atoms with Gasteiger partial charge >= 0.3 is 0 Å². The molecule has 20 heavy (non-hydrogen) atoms. The number of hydrogen-bond donors (Lipinski definition) is 0. The predicted octanol–water partition coefficient (Wildman–Crippen LogP) is 2.98. The first-order chi connectivity index (χ1) is 9.61. The number of rotatable bonds is 2. The highest BCUT2D eigenvalue weighted by Crippen LogP contribution is 2.31. The fourth-order valence-corrected chi connectivity index (χ4v) is 3.14. The first kappa shape index (κ1) is 12.9. The summed E-state index contributed by atoms with van der Waals surface area (Å²) >= 11 is 1.50. The Hall–Kier alpha value is -2.14. The molecular weight excluding hydrogens is 272 g/mol. The highest BCUT2D eigenvalue weighted by atomic mass is 32.1. The van der Waals surface area contributed by atoms with Gasteiger partial charge in [-0.2, -0.15) is 0 Å². The third-order valence-corrected chi connectivity index (χ3v) is 4.31. The Labute approximate surface area is 120 Å². The highest BCUT2D eigenvalue weighted by Gasteiger charge is 2.13. The second kappa shape index (κ2) is 4.76. The van der Waals surface area contributed by atoms with Gasteiger partial charge in [-0.25, -0.2) is 4.98 Å². The predicted molar refractivity (Wildman–Crippen MR) is 81.6 cm³/mol. The first-order valence-electron chi connectivity index (χ1n) is 6.21. The Morgan fingerprint density at radius 3 is 2.60 bits per heavy atom. The van der Waals surface area contributed by atoms with E-state index in [0.717, 1.165) is 27.5 Å². The standard InChI is InChI=1S/C15H14N2O2S/c1-9-16-14-13(15(18)17(9)2)12(8-20-14)10-4-6-11(19-3)7-5-10/h4-8H,1-3H3. The molecule has 0 aliphatic rings. The summed E-state index contributed by atoms with van der Waals surface area (Å²) in [5, 5.41) is 2.67. The largest absolute Gasteiger partial charge is 0.497 e. The van der Waals surface area contributed by atoms with E-state index in [1.165, 1.54) is 11.3 Å². The molecule has 4 nitrogen and oxygen atoms in total. The zero-order valence-corrected chi connectivity index (χ0v) is 12.3. The van der Waals surface area contributed by atoms with E-state index in [1.54, 1.807) is 18.7 Å². The lowest BCUT2D eigenvalue weighted by Gasteiger charge is -2.05. The molecule has 0 saturated heterocycles. The smallest absolute Gasteiger partial charge is 0.262 e. The molecule has 0 aliphatic heterocycles. The average molecular weight is 286 g/mol. The van der Waals surface area contributed by atoms with Crippen molar-refractivity contribution in [1.82, 2.24) is 9.55 Å². The number of fused-ring (bicyclic) bond motifs is 1. The molecule has 3 rings (SSSR count). The van der Waals surface area contributed by atoms with Crippen molar-refractivity contribution in [2.24, 2.45) is 7.05 Å². The third-order valence-electron chi connectivity index (χ3n) is 3.44. The van der Waals surface area contributed by atoms with Crippen molar-refractivity contribution in [1.29, 1.82) is 0 Å². The number of thiophene rings is 1. The van der Waals surface area contributed by atoms with Crippen LogP contribution in [0, 0.1) is 6.92 Å². The maximum Gasteiger partial charge on any atom is 0.262 e. The number of hydrogen-bond acceptors (Lipinski definition) is 4. The molecule has 2 heterocycles. The summed E-state index contributed by atoms with van der Waals surface area (Å²) < 4.78 is 6.74. The quantitative estimate of drug-likeness (QED) is 0.727. The fourth-order valence-electron chi connectivity index (χ4n) is 2.16. The summed E-state index contributed by atoms with van der Waals surface area (Å²) in [5.74, 6) is 1.53. The van der Waals surface area contributed by atoms with Gasteiger partial charge in [-0.1, -0.05) is 12.1 Å². The van der Waals surface area contributed by atoms with Gasteiger partial charge in [0.1, 0.15) is 16.4 Å². The maximum atomic E-state index is 12.4. The van der Waals surface area contributed by atoms with Crippen molar-refractivity contribution >= 4 is 21.6 Å². The van der Waals surface area contributed by atoms with Crippen LogP contribution in [0.3, 0.4) is 0 Å². The van der Waals surface area contributed by atoms with Crippen LogP contribution in [0.25, 0.3) is 21.3 Å².